The Kier molecular flexibility index (Phi) is 3.96. The van der Waals surface area contributed by atoms with Crippen molar-refractivity contribution in [2.75, 3.05) is 20.1 Å². The zero-order chi connectivity index (χ0) is 11.4. The number of likely N-dealkylation sites (N-methyl/N-ethyl adjacent to an activating group) is 1. The largest absolute Gasteiger partial charge is 0.340 e. The Morgan fingerprint density at radius 3 is 3.06 bits per heavy atom. The molecule has 16 heavy (non-hydrogen) atoms. The number of carbonyl (C=O) groups is 1. The van der Waals surface area contributed by atoms with Gasteiger partial charge in [0.15, 0.2) is 0 Å². The molecule has 1 fully saturated rings. The van der Waals surface area contributed by atoms with Gasteiger partial charge in [0.05, 0.1) is 13.1 Å². The third kappa shape index (κ3) is 3.61. The van der Waals surface area contributed by atoms with Gasteiger partial charge in [0.1, 0.15) is 0 Å². The van der Waals surface area contributed by atoms with E-state index in [4.69, 9.17) is 0 Å². The van der Waals surface area contributed by atoms with Crippen molar-refractivity contribution in [1.82, 2.24) is 10.2 Å². The Bertz CT molecular complexity index is 333. The lowest BCUT2D eigenvalue weighted by Crippen LogP contribution is -2.35. The molecule has 1 aliphatic rings. The predicted molar refractivity (Wildman–Crippen MR) is 66.4 cm³/mol. The van der Waals surface area contributed by atoms with Crippen LogP contribution in [0.15, 0.2) is 17.5 Å². The number of hydrogen-bond donors (Lipinski definition) is 1. The van der Waals surface area contributed by atoms with Crippen molar-refractivity contribution in [1.29, 1.82) is 0 Å². The molecular formula is C12H18N2OS. The number of nitrogens with zero attached hydrogens (tertiary/aromatic N) is 1. The van der Waals surface area contributed by atoms with Crippen LogP contribution in [-0.4, -0.2) is 30.9 Å². The standard InChI is InChI=1S/C12H18N2OS/c1-14(9-11-3-2-6-16-11)12(15)8-13-7-10-4-5-10/h2-3,6,10,13H,4-5,7-9H2,1H3. The van der Waals surface area contributed by atoms with Gasteiger partial charge in [-0.15, -0.1) is 11.3 Å². The van der Waals surface area contributed by atoms with Crippen molar-refractivity contribution in [2.24, 2.45) is 5.92 Å². The third-order valence-corrected chi connectivity index (χ3v) is 3.67. The first-order valence-electron chi connectivity index (χ1n) is 5.73. The summed E-state index contributed by atoms with van der Waals surface area (Å²) in [5.41, 5.74) is 0. The molecule has 0 radical (unpaired) electrons. The normalized spacial score (nSPS) is 15.1. The second kappa shape index (κ2) is 5.46. The van der Waals surface area contributed by atoms with Crippen LogP contribution in [0, 0.1) is 5.92 Å². The number of rotatable bonds is 6. The summed E-state index contributed by atoms with van der Waals surface area (Å²) in [4.78, 5) is 14.8. The van der Waals surface area contributed by atoms with Crippen LogP contribution in [0.2, 0.25) is 0 Å². The first kappa shape index (κ1) is 11.6. The predicted octanol–water partition coefficient (Wildman–Crippen LogP) is 1.71. The van der Waals surface area contributed by atoms with Crippen LogP contribution in [0.5, 0.6) is 0 Å². The summed E-state index contributed by atoms with van der Waals surface area (Å²) >= 11 is 1.69. The summed E-state index contributed by atoms with van der Waals surface area (Å²) in [7, 11) is 1.86. The molecule has 0 bridgehead atoms. The Morgan fingerprint density at radius 2 is 2.44 bits per heavy atom. The van der Waals surface area contributed by atoms with E-state index >= 15 is 0 Å². The minimum Gasteiger partial charge on any atom is -0.340 e. The maximum absolute atomic E-state index is 11.7. The number of thiophene rings is 1. The van der Waals surface area contributed by atoms with Gasteiger partial charge in [-0.3, -0.25) is 4.79 Å². The van der Waals surface area contributed by atoms with E-state index < -0.39 is 0 Å². The lowest BCUT2D eigenvalue weighted by molar-refractivity contribution is -0.129. The van der Waals surface area contributed by atoms with Gasteiger partial charge in [0.2, 0.25) is 5.91 Å². The SMILES string of the molecule is CN(Cc1cccs1)C(=O)CNCC1CC1. The average molecular weight is 238 g/mol. The molecule has 0 atom stereocenters. The maximum Gasteiger partial charge on any atom is 0.236 e. The van der Waals surface area contributed by atoms with Crippen LogP contribution >= 0.6 is 11.3 Å². The van der Waals surface area contributed by atoms with Crippen LogP contribution in [0.3, 0.4) is 0 Å². The topological polar surface area (TPSA) is 32.3 Å². The molecule has 1 N–H and O–H groups in total. The second-order valence-corrected chi connectivity index (χ2v) is 5.44. The van der Waals surface area contributed by atoms with E-state index in [0.717, 1.165) is 19.0 Å². The molecular weight excluding hydrogens is 220 g/mol. The molecule has 0 saturated heterocycles. The highest BCUT2D eigenvalue weighted by atomic mass is 32.1. The fraction of sp³-hybridized carbons (Fsp3) is 0.583. The Balaban J connectivity index is 1.66. The highest BCUT2D eigenvalue weighted by molar-refractivity contribution is 7.09. The van der Waals surface area contributed by atoms with Gasteiger partial charge in [-0.1, -0.05) is 6.07 Å². The number of hydrogen-bond acceptors (Lipinski definition) is 3. The molecule has 1 heterocycles. The summed E-state index contributed by atoms with van der Waals surface area (Å²) < 4.78 is 0. The first-order chi connectivity index (χ1) is 7.75. The van der Waals surface area contributed by atoms with E-state index in [1.807, 2.05) is 18.5 Å². The molecule has 88 valence electrons. The van der Waals surface area contributed by atoms with E-state index in [2.05, 4.69) is 11.4 Å². The second-order valence-electron chi connectivity index (χ2n) is 4.40. The van der Waals surface area contributed by atoms with Crippen molar-refractivity contribution in [3.05, 3.63) is 22.4 Å². The molecule has 2 rings (SSSR count). The van der Waals surface area contributed by atoms with Gasteiger partial charge in [0.25, 0.3) is 0 Å². The summed E-state index contributed by atoms with van der Waals surface area (Å²) in [6, 6.07) is 4.08. The van der Waals surface area contributed by atoms with E-state index in [1.54, 1.807) is 16.2 Å². The quantitative estimate of drug-likeness (QED) is 0.818. The smallest absolute Gasteiger partial charge is 0.236 e. The molecule has 1 aromatic rings. The van der Waals surface area contributed by atoms with Gasteiger partial charge in [-0.2, -0.15) is 0 Å². The van der Waals surface area contributed by atoms with Gasteiger partial charge in [0, 0.05) is 11.9 Å². The molecule has 0 spiro atoms. The first-order valence-corrected chi connectivity index (χ1v) is 6.60. The molecule has 0 aromatic carbocycles. The fourth-order valence-electron chi connectivity index (χ4n) is 1.56. The lowest BCUT2D eigenvalue weighted by atomic mass is 10.4. The van der Waals surface area contributed by atoms with Gasteiger partial charge < -0.3 is 10.2 Å². The third-order valence-electron chi connectivity index (χ3n) is 2.81. The van der Waals surface area contributed by atoms with E-state index in [-0.39, 0.29) is 5.91 Å². The van der Waals surface area contributed by atoms with E-state index in [0.29, 0.717) is 6.54 Å². The van der Waals surface area contributed by atoms with Crippen molar-refractivity contribution in [3.8, 4) is 0 Å². The lowest BCUT2D eigenvalue weighted by Gasteiger charge is -2.16. The number of amides is 1. The van der Waals surface area contributed by atoms with E-state index in [9.17, 15) is 4.79 Å². The Morgan fingerprint density at radius 1 is 1.62 bits per heavy atom. The molecule has 3 nitrogen and oxygen atoms in total. The van der Waals surface area contributed by atoms with Crippen molar-refractivity contribution in [2.45, 2.75) is 19.4 Å². The van der Waals surface area contributed by atoms with Crippen LogP contribution in [0.25, 0.3) is 0 Å². The summed E-state index contributed by atoms with van der Waals surface area (Å²) in [6.45, 7) is 2.19. The van der Waals surface area contributed by atoms with Crippen LogP contribution in [0.4, 0.5) is 0 Å². The highest BCUT2D eigenvalue weighted by Gasteiger charge is 2.20. The molecule has 0 aliphatic heterocycles. The van der Waals surface area contributed by atoms with Crippen LogP contribution < -0.4 is 5.32 Å². The summed E-state index contributed by atoms with van der Waals surface area (Å²) in [5, 5.41) is 5.26. The zero-order valence-electron chi connectivity index (χ0n) is 9.61. The van der Waals surface area contributed by atoms with Gasteiger partial charge in [-0.25, -0.2) is 0 Å². The van der Waals surface area contributed by atoms with Gasteiger partial charge >= 0.3 is 0 Å². The molecule has 1 saturated carbocycles. The Hall–Kier alpha value is -0.870. The van der Waals surface area contributed by atoms with Crippen molar-refractivity contribution >= 4 is 17.2 Å². The average Bonchev–Trinajstić information content (AvgIpc) is 2.95. The van der Waals surface area contributed by atoms with Crippen LogP contribution in [0.1, 0.15) is 17.7 Å². The zero-order valence-corrected chi connectivity index (χ0v) is 10.4. The minimum absolute atomic E-state index is 0.175. The Labute approximate surface area is 100 Å². The number of carbonyl (C=O) groups excluding carboxylic acids is 1. The van der Waals surface area contributed by atoms with Crippen molar-refractivity contribution < 1.29 is 4.79 Å². The molecule has 0 unspecified atom stereocenters. The maximum atomic E-state index is 11.7. The molecule has 1 amide bonds. The number of nitrogens with one attached hydrogen (secondary N) is 1. The monoisotopic (exact) mass is 238 g/mol. The minimum atomic E-state index is 0.175. The summed E-state index contributed by atoms with van der Waals surface area (Å²) in [5.74, 6) is 1.00. The van der Waals surface area contributed by atoms with E-state index in [1.165, 1.54) is 17.7 Å². The molecule has 1 aromatic heterocycles. The summed E-state index contributed by atoms with van der Waals surface area (Å²) in [6.07, 6.45) is 2.65. The molecule has 4 heteroatoms. The van der Waals surface area contributed by atoms with Gasteiger partial charge in [-0.05, 0) is 36.8 Å². The highest BCUT2D eigenvalue weighted by Crippen LogP contribution is 2.27. The van der Waals surface area contributed by atoms with Crippen molar-refractivity contribution in [3.63, 3.8) is 0 Å². The molecule has 1 aliphatic carbocycles. The van der Waals surface area contributed by atoms with Crippen LogP contribution in [-0.2, 0) is 11.3 Å². The fourth-order valence-corrected chi connectivity index (χ4v) is 2.32.